The van der Waals surface area contributed by atoms with Gasteiger partial charge in [0.1, 0.15) is 5.82 Å². The monoisotopic (exact) mass is 334 g/mol. The Morgan fingerprint density at radius 2 is 1.96 bits per heavy atom. The van der Waals surface area contributed by atoms with Crippen LogP contribution in [-0.2, 0) is 0 Å². The first-order valence-electron chi connectivity index (χ1n) is 8.78. The van der Waals surface area contributed by atoms with Crippen molar-refractivity contribution < 1.29 is 4.79 Å². The summed E-state index contributed by atoms with van der Waals surface area (Å²) in [5.74, 6) is 2.99. The maximum atomic E-state index is 12.5. The van der Waals surface area contributed by atoms with Gasteiger partial charge in [-0.1, -0.05) is 13.8 Å². The van der Waals surface area contributed by atoms with E-state index < -0.39 is 0 Å². The average molecular weight is 334 g/mol. The van der Waals surface area contributed by atoms with Crippen LogP contribution >= 0.6 is 11.5 Å². The van der Waals surface area contributed by atoms with Crippen LogP contribution in [0.3, 0.4) is 0 Å². The number of aryl methyl sites for hydroxylation is 1. The number of rotatable bonds is 3. The van der Waals surface area contributed by atoms with Gasteiger partial charge in [-0.15, -0.1) is 0 Å². The Bertz CT molecular complexity index is 612. The third kappa shape index (κ3) is 2.65. The van der Waals surface area contributed by atoms with E-state index in [9.17, 15) is 4.79 Å². The number of hydrogen-bond acceptors (Lipinski definition) is 4. The summed E-state index contributed by atoms with van der Waals surface area (Å²) < 4.78 is 4.12. The van der Waals surface area contributed by atoms with E-state index >= 15 is 0 Å². The van der Waals surface area contributed by atoms with Gasteiger partial charge in [0.2, 0.25) is 5.13 Å². The first-order chi connectivity index (χ1) is 10.9. The number of carbonyl (C=O) groups is 1. The molecule has 0 aliphatic heterocycles. The predicted octanol–water partition coefficient (Wildman–Crippen LogP) is 3.96. The zero-order valence-electron chi connectivity index (χ0n) is 14.2. The molecule has 4 aliphatic rings. The van der Waals surface area contributed by atoms with Gasteiger partial charge in [-0.2, -0.15) is 4.37 Å². The van der Waals surface area contributed by atoms with Gasteiger partial charge in [0.25, 0.3) is 0 Å². The van der Waals surface area contributed by atoms with E-state index in [2.05, 4.69) is 33.8 Å². The summed E-state index contributed by atoms with van der Waals surface area (Å²) in [7, 11) is 0. The van der Waals surface area contributed by atoms with Crippen molar-refractivity contribution in [3.8, 4) is 0 Å². The fraction of sp³-hybridized carbons (Fsp3) is 0.824. The van der Waals surface area contributed by atoms with E-state index in [1.165, 1.54) is 30.8 Å². The summed E-state index contributed by atoms with van der Waals surface area (Å²) in [4.78, 5) is 16.7. The van der Waals surface area contributed by atoms with E-state index in [0.29, 0.717) is 22.3 Å². The SMILES string of the molecule is Cc1nsc(NC(=O)NC23C[C@H]4C[C@@H](C2)CC(C(C)C)(C4)C3)n1. The van der Waals surface area contributed by atoms with Crippen molar-refractivity contribution >= 4 is 22.7 Å². The van der Waals surface area contributed by atoms with Crippen molar-refractivity contribution in [2.45, 2.75) is 64.8 Å². The van der Waals surface area contributed by atoms with Gasteiger partial charge in [-0.3, -0.25) is 5.32 Å². The molecular weight excluding hydrogens is 308 g/mol. The van der Waals surface area contributed by atoms with E-state index in [1.54, 1.807) is 0 Å². The number of amides is 2. The van der Waals surface area contributed by atoms with Crippen LogP contribution in [0.5, 0.6) is 0 Å². The van der Waals surface area contributed by atoms with Crippen LogP contribution < -0.4 is 10.6 Å². The molecule has 0 radical (unpaired) electrons. The lowest BCUT2D eigenvalue weighted by Crippen LogP contribution is -2.64. The highest BCUT2D eigenvalue weighted by Crippen LogP contribution is 2.64. The molecule has 23 heavy (non-hydrogen) atoms. The Morgan fingerprint density at radius 3 is 2.52 bits per heavy atom. The summed E-state index contributed by atoms with van der Waals surface area (Å²) in [6.07, 6.45) is 7.55. The summed E-state index contributed by atoms with van der Waals surface area (Å²) in [6.45, 7) is 6.57. The largest absolute Gasteiger partial charge is 0.332 e. The van der Waals surface area contributed by atoms with E-state index in [1.807, 2.05) is 6.92 Å². The maximum Gasteiger partial charge on any atom is 0.321 e. The normalized spacial score (nSPS) is 38.1. The molecule has 4 atom stereocenters. The van der Waals surface area contributed by atoms with Gasteiger partial charge in [0, 0.05) is 17.1 Å². The molecule has 4 saturated carbocycles. The Balaban J connectivity index is 1.50. The second-order valence-electron chi connectivity index (χ2n) is 8.48. The van der Waals surface area contributed by atoms with Gasteiger partial charge in [0.05, 0.1) is 0 Å². The van der Waals surface area contributed by atoms with E-state index in [4.69, 9.17) is 0 Å². The summed E-state index contributed by atoms with van der Waals surface area (Å²) in [6, 6.07) is -0.109. The third-order valence-electron chi connectivity index (χ3n) is 6.46. The van der Waals surface area contributed by atoms with Gasteiger partial charge in [-0.05, 0) is 68.6 Å². The zero-order chi connectivity index (χ0) is 16.2. The molecule has 126 valence electrons. The quantitative estimate of drug-likeness (QED) is 0.879. The molecule has 6 heteroatoms. The van der Waals surface area contributed by atoms with Crippen molar-refractivity contribution in [2.24, 2.45) is 23.2 Å². The van der Waals surface area contributed by atoms with Crippen LogP contribution in [0.1, 0.15) is 58.2 Å². The highest BCUT2D eigenvalue weighted by atomic mass is 32.1. The minimum absolute atomic E-state index is 0.00182. The number of aromatic nitrogens is 2. The van der Waals surface area contributed by atoms with E-state index in [-0.39, 0.29) is 11.6 Å². The molecule has 5 rings (SSSR count). The van der Waals surface area contributed by atoms with Gasteiger partial charge >= 0.3 is 6.03 Å². The highest BCUT2D eigenvalue weighted by Gasteiger charge is 2.58. The summed E-state index contributed by atoms with van der Waals surface area (Å²) in [5, 5.41) is 6.81. The molecule has 1 aromatic heterocycles. The second-order valence-corrected chi connectivity index (χ2v) is 9.24. The lowest BCUT2D eigenvalue weighted by atomic mass is 9.44. The lowest BCUT2D eigenvalue weighted by molar-refractivity contribution is -0.0994. The summed E-state index contributed by atoms with van der Waals surface area (Å²) in [5.41, 5.74) is 0.439. The third-order valence-corrected chi connectivity index (χ3v) is 7.18. The Labute approximate surface area is 141 Å². The average Bonchev–Trinajstić information content (AvgIpc) is 2.81. The highest BCUT2D eigenvalue weighted by molar-refractivity contribution is 7.09. The van der Waals surface area contributed by atoms with Gasteiger partial charge in [-0.25, -0.2) is 9.78 Å². The minimum Gasteiger partial charge on any atom is -0.332 e. The standard InChI is InChI=1S/C17H26N4OS/c1-10(2)16-5-12-4-13(6-16)8-17(7-12,9-16)20-14(22)19-15-18-11(3)21-23-15/h10,12-13H,4-9H2,1-3H3,(H2,18,19,20,21,22)/t12-,13+,16?,17?. The number of nitrogens with zero attached hydrogens (tertiary/aromatic N) is 2. The maximum absolute atomic E-state index is 12.5. The molecule has 4 bridgehead atoms. The first kappa shape index (κ1) is 15.4. The van der Waals surface area contributed by atoms with Gasteiger partial charge in [0.15, 0.2) is 0 Å². The van der Waals surface area contributed by atoms with Crippen molar-refractivity contribution in [3.05, 3.63) is 5.82 Å². The molecule has 5 nitrogen and oxygen atoms in total. The number of urea groups is 1. The predicted molar refractivity (Wildman–Crippen MR) is 91.5 cm³/mol. The van der Waals surface area contributed by atoms with Gasteiger partial charge < -0.3 is 5.32 Å². The number of anilines is 1. The smallest absolute Gasteiger partial charge is 0.321 e. The van der Waals surface area contributed by atoms with Crippen molar-refractivity contribution in [3.63, 3.8) is 0 Å². The molecule has 4 fully saturated rings. The molecule has 0 aromatic carbocycles. The summed E-state index contributed by atoms with van der Waals surface area (Å²) >= 11 is 1.24. The van der Waals surface area contributed by atoms with Crippen LogP contribution in [0.4, 0.5) is 9.93 Å². The Hall–Kier alpha value is -1.17. The molecule has 1 aromatic rings. The van der Waals surface area contributed by atoms with Crippen LogP contribution in [0.15, 0.2) is 0 Å². The van der Waals surface area contributed by atoms with Crippen LogP contribution in [0.25, 0.3) is 0 Å². The van der Waals surface area contributed by atoms with Crippen molar-refractivity contribution in [1.29, 1.82) is 0 Å². The molecule has 1 heterocycles. The first-order valence-corrected chi connectivity index (χ1v) is 9.55. The molecule has 0 saturated heterocycles. The lowest BCUT2D eigenvalue weighted by Gasteiger charge is -2.63. The number of hydrogen-bond donors (Lipinski definition) is 2. The molecular formula is C17H26N4OS. The van der Waals surface area contributed by atoms with Crippen molar-refractivity contribution in [1.82, 2.24) is 14.7 Å². The van der Waals surface area contributed by atoms with Crippen LogP contribution in [0, 0.1) is 30.1 Å². The van der Waals surface area contributed by atoms with Crippen LogP contribution in [0.2, 0.25) is 0 Å². The fourth-order valence-electron chi connectivity index (χ4n) is 5.87. The molecule has 2 N–H and O–H groups in total. The Kier molecular flexibility index (Phi) is 3.45. The van der Waals surface area contributed by atoms with Crippen LogP contribution in [-0.4, -0.2) is 20.9 Å². The zero-order valence-corrected chi connectivity index (χ0v) is 15.0. The topological polar surface area (TPSA) is 66.9 Å². The molecule has 4 aliphatic carbocycles. The second kappa shape index (κ2) is 5.16. The molecule has 0 spiro atoms. The molecule has 2 unspecified atom stereocenters. The van der Waals surface area contributed by atoms with Crippen molar-refractivity contribution in [2.75, 3.05) is 5.32 Å². The minimum atomic E-state index is -0.109. The number of nitrogens with one attached hydrogen (secondary N) is 2. The Morgan fingerprint density at radius 1 is 1.26 bits per heavy atom. The molecule has 2 amide bonds. The number of carbonyl (C=O) groups excluding carboxylic acids is 1. The fourth-order valence-corrected chi connectivity index (χ4v) is 6.44. The van der Waals surface area contributed by atoms with E-state index in [0.717, 1.165) is 31.1 Å².